The molecular weight excluding hydrogens is 220 g/mol. The van der Waals surface area contributed by atoms with E-state index < -0.39 is 0 Å². The predicted molar refractivity (Wildman–Crippen MR) is 77.7 cm³/mol. The van der Waals surface area contributed by atoms with Crippen molar-refractivity contribution in [1.29, 1.82) is 0 Å². The minimum atomic E-state index is 0.284. The van der Waals surface area contributed by atoms with Gasteiger partial charge in [0.1, 0.15) is 0 Å². The molecule has 0 amide bonds. The molecule has 2 rings (SSSR count). The smallest absolute Gasteiger partial charge is 0.0499 e. The number of hydrogen-bond acceptors (Lipinski definition) is 2. The molecule has 2 heteroatoms. The molecule has 0 aliphatic carbocycles. The molecule has 0 saturated carbocycles. The van der Waals surface area contributed by atoms with E-state index in [1.165, 1.54) is 36.1 Å². The summed E-state index contributed by atoms with van der Waals surface area (Å²) in [4.78, 5) is 2.57. The summed E-state index contributed by atoms with van der Waals surface area (Å²) in [5.74, 6) is 0. The number of nitrogens with two attached hydrogens (primary N) is 1. The molecule has 1 heterocycles. The minimum Gasteiger partial charge on any atom is -0.326 e. The van der Waals surface area contributed by atoms with Crippen molar-refractivity contribution < 1.29 is 0 Å². The summed E-state index contributed by atoms with van der Waals surface area (Å²) in [5, 5.41) is 0. The molecule has 1 aromatic rings. The van der Waals surface area contributed by atoms with Gasteiger partial charge in [-0.05, 0) is 51.8 Å². The summed E-state index contributed by atoms with van der Waals surface area (Å²) in [5.41, 5.74) is 10.5. The summed E-state index contributed by atoms with van der Waals surface area (Å²) in [6, 6.07) is 7.56. The summed E-state index contributed by atoms with van der Waals surface area (Å²) < 4.78 is 0. The SMILES string of the molecule is CCCN1CCCC(N)C1c1cc(C)cc(C)c1. The van der Waals surface area contributed by atoms with Gasteiger partial charge in [-0.15, -0.1) is 0 Å². The maximum Gasteiger partial charge on any atom is 0.0499 e. The van der Waals surface area contributed by atoms with Crippen molar-refractivity contribution in [2.75, 3.05) is 13.1 Å². The van der Waals surface area contributed by atoms with Crippen molar-refractivity contribution in [1.82, 2.24) is 4.90 Å². The zero-order valence-electron chi connectivity index (χ0n) is 11.9. The van der Waals surface area contributed by atoms with Crippen molar-refractivity contribution >= 4 is 0 Å². The molecule has 1 saturated heterocycles. The lowest BCUT2D eigenvalue weighted by Crippen LogP contribution is -2.46. The van der Waals surface area contributed by atoms with Crippen LogP contribution in [0.3, 0.4) is 0 Å². The van der Waals surface area contributed by atoms with Gasteiger partial charge in [-0.25, -0.2) is 0 Å². The summed E-state index contributed by atoms with van der Waals surface area (Å²) in [6.07, 6.45) is 3.59. The van der Waals surface area contributed by atoms with Crippen LogP contribution < -0.4 is 5.73 Å². The lowest BCUT2D eigenvalue weighted by atomic mass is 9.89. The number of hydrogen-bond donors (Lipinski definition) is 1. The molecule has 2 unspecified atom stereocenters. The van der Waals surface area contributed by atoms with Gasteiger partial charge in [-0.3, -0.25) is 4.90 Å². The third kappa shape index (κ3) is 2.93. The minimum absolute atomic E-state index is 0.284. The van der Waals surface area contributed by atoms with Crippen LogP contribution in [0.25, 0.3) is 0 Å². The van der Waals surface area contributed by atoms with Crippen molar-refractivity contribution in [3.63, 3.8) is 0 Å². The fourth-order valence-electron chi connectivity index (χ4n) is 3.27. The number of rotatable bonds is 3. The molecule has 2 nitrogen and oxygen atoms in total. The van der Waals surface area contributed by atoms with Gasteiger partial charge in [0.25, 0.3) is 0 Å². The number of likely N-dealkylation sites (tertiary alicyclic amines) is 1. The van der Waals surface area contributed by atoms with E-state index >= 15 is 0 Å². The van der Waals surface area contributed by atoms with Crippen molar-refractivity contribution in [2.45, 2.75) is 52.1 Å². The molecule has 2 atom stereocenters. The van der Waals surface area contributed by atoms with Gasteiger partial charge < -0.3 is 5.73 Å². The zero-order valence-corrected chi connectivity index (χ0v) is 11.9. The van der Waals surface area contributed by atoms with Crippen LogP contribution in [-0.2, 0) is 0 Å². The molecule has 2 N–H and O–H groups in total. The average molecular weight is 246 g/mol. The maximum atomic E-state index is 6.39. The Hall–Kier alpha value is -0.860. The number of nitrogens with zero attached hydrogens (tertiary/aromatic N) is 1. The predicted octanol–water partition coefficient (Wildman–Crippen LogP) is 3.18. The van der Waals surface area contributed by atoms with E-state index in [1.54, 1.807) is 0 Å². The topological polar surface area (TPSA) is 29.3 Å². The number of piperidine rings is 1. The van der Waals surface area contributed by atoms with Crippen LogP contribution in [0.4, 0.5) is 0 Å². The second-order valence-electron chi connectivity index (χ2n) is 5.71. The van der Waals surface area contributed by atoms with E-state index in [0.29, 0.717) is 6.04 Å². The van der Waals surface area contributed by atoms with Gasteiger partial charge in [0.05, 0.1) is 0 Å². The summed E-state index contributed by atoms with van der Waals surface area (Å²) in [6.45, 7) is 8.95. The van der Waals surface area contributed by atoms with Gasteiger partial charge in [-0.2, -0.15) is 0 Å². The number of benzene rings is 1. The van der Waals surface area contributed by atoms with Crippen LogP contribution in [0.1, 0.15) is 48.9 Å². The molecule has 100 valence electrons. The van der Waals surface area contributed by atoms with E-state index in [-0.39, 0.29) is 6.04 Å². The van der Waals surface area contributed by atoms with Gasteiger partial charge in [-0.1, -0.05) is 36.2 Å². The van der Waals surface area contributed by atoms with Gasteiger partial charge >= 0.3 is 0 Å². The molecule has 1 aromatic carbocycles. The van der Waals surface area contributed by atoms with Crippen LogP contribution in [-0.4, -0.2) is 24.0 Å². The molecule has 0 radical (unpaired) electrons. The van der Waals surface area contributed by atoms with E-state index in [2.05, 4.69) is 43.9 Å². The molecule has 0 bridgehead atoms. The van der Waals surface area contributed by atoms with Crippen molar-refractivity contribution in [3.05, 3.63) is 34.9 Å². The standard InChI is InChI=1S/C16H26N2/c1-4-7-18-8-5-6-15(17)16(18)14-10-12(2)9-13(3)11-14/h9-11,15-16H,4-8,17H2,1-3H3. The monoisotopic (exact) mass is 246 g/mol. The van der Waals surface area contributed by atoms with Crippen molar-refractivity contribution in [2.24, 2.45) is 5.73 Å². The van der Waals surface area contributed by atoms with Crippen LogP contribution in [0.5, 0.6) is 0 Å². The van der Waals surface area contributed by atoms with E-state index in [9.17, 15) is 0 Å². The molecule has 1 aliphatic rings. The molecule has 18 heavy (non-hydrogen) atoms. The first-order chi connectivity index (χ1) is 8.61. The highest BCUT2D eigenvalue weighted by Crippen LogP contribution is 2.31. The van der Waals surface area contributed by atoms with E-state index in [1.807, 2.05) is 0 Å². The first-order valence-corrected chi connectivity index (χ1v) is 7.19. The van der Waals surface area contributed by atoms with E-state index in [0.717, 1.165) is 13.0 Å². The van der Waals surface area contributed by atoms with Gasteiger partial charge in [0.2, 0.25) is 0 Å². The first-order valence-electron chi connectivity index (χ1n) is 7.19. The third-order valence-electron chi connectivity index (χ3n) is 3.88. The lowest BCUT2D eigenvalue weighted by molar-refractivity contribution is 0.128. The normalized spacial score (nSPS) is 25.3. The van der Waals surface area contributed by atoms with Crippen LogP contribution >= 0.6 is 0 Å². The van der Waals surface area contributed by atoms with E-state index in [4.69, 9.17) is 5.73 Å². The molecule has 1 aliphatic heterocycles. The highest BCUT2D eigenvalue weighted by molar-refractivity contribution is 5.31. The van der Waals surface area contributed by atoms with Crippen LogP contribution in [0.2, 0.25) is 0 Å². The summed E-state index contributed by atoms with van der Waals surface area (Å²) >= 11 is 0. The first kappa shape index (κ1) is 13.6. The Kier molecular flexibility index (Phi) is 4.41. The molecule has 0 aromatic heterocycles. The van der Waals surface area contributed by atoms with Crippen LogP contribution in [0.15, 0.2) is 18.2 Å². The zero-order chi connectivity index (χ0) is 13.1. The number of aryl methyl sites for hydroxylation is 2. The fraction of sp³-hybridized carbons (Fsp3) is 0.625. The van der Waals surface area contributed by atoms with Crippen LogP contribution in [0, 0.1) is 13.8 Å². The molecule has 1 fully saturated rings. The highest BCUT2D eigenvalue weighted by atomic mass is 15.2. The molecule has 0 spiro atoms. The summed E-state index contributed by atoms with van der Waals surface area (Å²) in [7, 11) is 0. The van der Waals surface area contributed by atoms with Gasteiger partial charge in [0, 0.05) is 12.1 Å². The second-order valence-corrected chi connectivity index (χ2v) is 5.71. The Morgan fingerprint density at radius 1 is 1.22 bits per heavy atom. The third-order valence-corrected chi connectivity index (χ3v) is 3.88. The second kappa shape index (κ2) is 5.85. The average Bonchev–Trinajstić information content (AvgIpc) is 2.28. The Labute approximate surface area is 111 Å². The largest absolute Gasteiger partial charge is 0.326 e. The Morgan fingerprint density at radius 2 is 1.89 bits per heavy atom. The lowest BCUT2D eigenvalue weighted by Gasteiger charge is -2.40. The van der Waals surface area contributed by atoms with Crippen molar-refractivity contribution in [3.8, 4) is 0 Å². The quantitative estimate of drug-likeness (QED) is 0.887. The Morgan fingerprint density at radius 3 is 2.50 bits per heavy atom. The Bertz CT molecular complexity index is 378. The fourth-order valence-corrected chi connectivity index (χ4v) is 3.27. The molecular formula is C16H26N2. The highest BCUT2D eigenvalue weighted by Gasteiger charge is 2.29. The van der Waals surface area contributed by atoms with Gasteiger partial charge in [0.15, 0.2) is 0 Å². The Balaban J connectivity index is 2.30. The maximum absolute atomic E-state index is 6.39.